The standard InChI is InChI=1S/C25H29F3N2O3/c1-18(2)30(24(29-3)19-12-14-21(15-13-19)25(26,27)28)17-20-9-6-7-10-22(20)33-16-8-4-5-11-23(31)32/h6-7,9-10,12-15H,1,4-5,8,11,16-17H2,2-3H3,(H,31,32). The van der Waals surface area contributed by atoms with E-state index in [9.17, 15) is 18.0 Å². The Labute approximate surface area is 192 Å². The summed E-state index contributed by atoms with van der Waals surface area (Å²) >= 11 is 0. The first-order valence-corrected chi connectivity index (χ1v) is 10.6. The number of allylic oxidation sites excluding steroid dienone is 1. The number of rotatable bonds is 11. The Bertz CT molecular complexity index is 970. The molecule has 0 aliphatic rings. The van der Waals surface area contributed by atoms with Crippen LogP contribution in [-0.4, -0.2) is 35.5 Å². The number of carboxylic acid groups (broad SMARTS) is 1. The van der Waals surface area contributed by atoms with Crippen molar-refractivity contribution < 1.29 is 27.8 Å². The molecule has 1 N–H and O–H groups in total. The van der Waals surface area contributed by atoms with E-state index in [1.807, 2.05) is 29.2 Å². The first-order valence-electron chi connectivity index (χ1n) is 10.6. The van der Waals surface area contributed by atoms with Crippen LogP contribution < -0.4 is 4.74 Å². The van der Waals surface area contributed by atoms with Crippen LogP contribution in [0.4, 0.5) is 13.2 Å². The lowest BCUT2D eigenvalue weighted by Crippen LogP contribution is -2.29. The second-order valence-corrected chi connectivity index (χ2v) is 7.60. The smallest absolute Gasteiger partial charge is 0.416 e. The summed E-state index contributed by atoms with van der Waals surface area (Å²) in [4.78, 5) is 16.7. The van der Waals surface area contributed by atoms with Gasteiger partial charge in [0.05, 0.1) is 18.7 Å². The zero-order chi connectivity index (χ0) is 24.4. The summed E-state index contributed by atoms with van der Waals surface area (Å²) in [6.07, 6.45) is -2.16. The molecule has 0 saturated carbocycles. The van der Waals surface area contributed by atoms with Gasteiger partial charge in [0, 0.05) is 30.3 Å². The second kappa shape index (κ2) is 12.1. The summed E-state index contributed by atoms with van der Waals surface area (Å²) in [5, 5.41) is 8.71. The average Bonchev–Trinajstić information content (AvgIpc) is 2.76. The Hall–Kier alpha value is -3.29. The number of aliphatic imine (C=N–C) groups is 1. The van der Waals surface area contributed by atoms with Crippen LogP contribution in [0.3, 0.4) is 0 Å². The molecule has 2 rings (SSSR count). The molecular formula is C25H29F3N2O3. The maximum atomic E-state index is 12.9. The van der Waals surface area contributed by atoms with Crippen molar-refractivity contribution in [3.8, 4) is 5.75 Å². The molecule has 8 heteroatoms. The van der Waals surface area contributed by atoms with E-state index in [-0.39, 0.29) is 6.42 Å². The molecule has 0 aliphatic heterocycles. The van der Waals surface area contributed by atoms with Crippen molar-refractivity contribution >= 4 is 11.8 Å². The summed E-state index contributed by atoms with van der Waals surface area (Å²) < 4.78 is 44.7. The lowest BCUT2D eigenvalue weighted by molar-refractivity contribution is -0.138. The third-order valence-electron chi connectivity index (χ3n) is 4.99. The van der Waals surface area contributed by atoms with Gasteiger partial charge >= 0.3 is 12.1 Å². The topological polar surface area (TPSA) is 62.1 Å². The van der Waals surface area contributed by atoms with Crippen LogP contribution in [0.5, 0.6) is 5.75 Å². The molecule has 0 fully saturated rings. The molecule has 2 aromatic rings. The molecule has 0 aliphatic carbocycles. The number of hydrogen-bond acceptors (Lipinski definition) is 3. The van der Waals surface area contributed by atoms with Gasteiger partial charge in [0.2, 0.25) is 0 Å². The number of aliphatic carboxylic acids is 1. The second-order valence-electron chi connectivity index (χ2n) is 7.60. The zero-order valence-electron chi connectivity index (χ0n) is 18.9. The highest BCUT2D eigenvalue weighted by molar-refractivity contribution is 5.99. The molecule has 2 aromatic carbocycles. The van der Waals surface area contributed by atoms with Gasteiger partial charge in [0.15, 0.2) is 0 Å². The van der Waals surface area contributed by atoms with Crippen LogP contribution in [-0.2, 0) is 17.5 Å². The van der Waals surface area contributed by atoms with Gasteiger partial charge in [-0.15, -0.1) is 0 Å². The highest BCUT2D eigenvalue weighted by Crippen LogP contribution is 2.30. The van der Waals surface area contributed by atoms with Crippen molar-refractivity contribution in [3.05, 3.63) is 77.5 Å². The number of alkyl halides is 3. The fourth-order valence-electron chi connectivity index (χ4n) is 3.29. The Morgan fingerprint density at radius 1 is 1.09 bits per heavy atom. The molecule has 0 atom stereocenters. The highest BCUT2D eigenvalue weighted by Gasteiger charge is 2.30. The van der Waals surface area contributed by atoms with Crippen LogP contribution in [0.25, 0.3) is 0 Å². The molecule has 33 heavy (non-hydrogen) atoms. The first-order chi connectivity index (χ1) is 15.6. The van der Waals surface area contributed by atoms with Crippen LogP contribution in [0.2, 0.25) is 0 Å². The van der Waals surface area contributed by atoms with Gasteiger partial charge in [-0.25, -0.2) is 0 Å². The van der Waals surface area contributed by atoms with Gasteiger partial charge in [-0.05, 0) is 44.4 Å². The van der Waals surface area contributed by atoms with E-state index in [0.717, 1.165) is 30.5 Å². The third-order valence-corrected chi connectivity index (χ3v) is 4.99. The third kappa shape index (κ3) is 7.97. The normalized spacial score (nSPS) is 11.8. The lowest BCUT2D eigenvalue weighted by atomic mass is 10.1. The van der Waals surface area contributed by atoms with E-state index in [1.165, 1.54) is 12.1 Å². The maximum Gasteiger partial charge on any atom is 0.416 e. The van der Waals surface area contributed by atoms with Crippen LogP contribution in [0.1, 0.15) is 49.3 Å². The SMILES string of the molecule is C=C(C)N(Cc1ccccc1OCCCCCC(=O)O)C(=NC)c1ccc(C(F)(F)F)cc1. The van der Waals surface area contributed by atoms with Crippen LogP contribution >= 0.6 is 0 Å². The summed E-state index contributed by atoms with van der Waals surface area (Å²) in [6.45, 7) is 6.65. The van der Waals surface area contributed by atoms with Gasteiger partial charge < -0.3 is 14.7 Å². The Morgan fingerprint density at radius 3 is 2.33 bits per heavy atom. The minimum Gasteiger partial charge on any atom is -0.493 e. The molecule has 0 amide bonds. The summed E-state index contributed by atoms with van der Waals surface area (Å²) in [5.41, 5.74) is 1.38. The molecule has 0 heterocycles. The van der Waals surface area contributed by atoms with E-state index >= 15 is 0 Å². The number of benzene rings is 2. The van der Waals surface area contributed by atoms with Crippen molar-refractivity contribution in [2.75, 3.05) is 13.7 Å². The number of hydrogen-bond donors (Lipinski definition) is 1. The monoisotopic (exact) mass is 462 g/mol. The van der Waals surface area contributed by atoms with E-state index in [0.29, 0.717) is 42.4 Å². The number of amidine groups is 1. The number of nitrogens with zero attached hydrogens (tertiary/aromatic N) is 2. The molecular weight excluding hydrogens is 433 g/mol. The van der Waals surface area contributed by atoms with E-state index in [1.54, 1.807) is 14.0 Å². The summed E-state index contributed by atoms with van der Waals surface area (Å²) in [7, 11) is 1.59. The van der Waals surface area contributed by atoms with Crippen molar-refractivity contribution in [2.45, 2.75) is 45.3 Å². The quantitative estimate of drug-likeness (QED) is 0.247. The van der Waals surface area contributed by atoms with Gasteiger partial charge in [0.1, 0.15) is 11.6 Å². The van der Waals surface area contributed by atoms with E-state index < -0.39 is 17.7 Å². The predicted molar refractivity (Wildman–Crippen MR) is 122 cm³/mol. The minimum atomic E-state index is -4.40. The molecule has 0 radical (unpaired) electrons. The van der Waals surface area contributed by atoms with Crippen LogP contribution in [0, 0.1) is 0 Å². The van der Waals surface area contributed by atoms with Crippen molar-refractivity contribution in [1.82, 2.24) is 4.90 Å². The number of para-hydroxylation sites is 1. The van der Waals surface area contributed by atoms with Crippen LogP contribution in [0.15, 0.2) is 65.8 Å². The number of carbonyl (C=O) groups is 1. The number of halogens is 3. The Kier molecular flexibility index (Phi) is 9.51. The fourth-order valence-corrected chi connectivity index (χ4v) is 3.29. The largest absolute Gasteiger partial charge is 0.493 e. The molecule has 178 valence electrons. The Morgan fingerprint density at radius 2 is 1.76 bits per heavy atom. The lowest BCUT2D eigenvalue weighted by Gasteiger charge is -2.27. The van der Waals surface area contributed by atoms with Gasteiger partial charge in [-0.1, -0.05) is 36.9 Å². The molecule has 0 unspecified atom stereocenters. The van der Waals surface area contributed by atoms with Gasteiger partial charge in [0.25, 0.3) is 0 Å². The van der Waals surface area contributed by atoms with Gasteiger partial charge in [-0.3, -0.25) is 9.79 Å². The number of ether oxygens (including phenoxy) is 1. The average molecular weight is 463 g/mol. The summed E-state index contributed by atoms with van der Waals surface area (Å²) in [6, 6.07) is 12.4. The fraction of sp³-hybridized carbons (Fsp3) is 0.360. The summed E-state index contributed by atoms with van der Waals surface area (Å²) in [5.74, 6) is 0.382. The molecule has 0 bridgehead atoms. The molecule has 0 spiro atoms. The Balaban J connectivity index is 2.14. The molecule has 5 nitrogen and oxygen atoms in total. The van der Waals surface area contributed by atoms with Crippen molar-refractivity contribution in [2.24, 2.45) is 4.99 Å². The number of unbranched alkanes of at least 4 members (excludes halogenated alkanes) is 2. The van der Waals surface area contributed by atoms with Gasteiger partial charge in [-0.2, -0.15) is 13.2 Å². The molecule has 0 saturated heterocycles. The van der Waals surface area contributed by atoms with E-state index in [2.05, 4.69) is 11.6 Å². The van der Waals surface area contributed by atoms with E-state index in [4.69, 9.17) is 9.84 Å². The highest BCUT2D eigenvalue weighted by atomic mass is 19.4. The zero-order valence-corrected chi connectivity index (χ0v) is 18.9. The first kappa shape index (κ1) is 26.0. The number of carboxylic acids is 1. The minimum absolute atomic E-state index is 0.146. The van der Waals surface area contributed by atoms with Crippen molar-refractivity contribution in [1.29, 1.82) is 0 Å². The maximum absolute atomic E-state index is 12.9. The predicted octanol–water partition coefficient (Wildman–Crippen LogP) is 6.14. The molecule has 0 aromatic heterocycles. The van der Waals surface area contributed by atoms with Crippen molar-refractivity contribution in [3.63, 3.8) is 0 Å².